The highest BCUT2D eigenvalue weighted by Gasteiger charge is 2.04. The number of rotatable bonds is 3. The predicted molar refractivity (Wildman–Crippen MR) is 85.7 cm³/mol. The zero-order valence-electron chi connectivity index (χ0n) is 12.1. The SMILES string of the molecule is Cc1cc(=O)oc2cc(NCc3ccccc3C#N)ccc12. The van der Waals surface area contributed by atoms with Gasteiger partial charge in [0.25, 0.3) is 0 Å². The molecule has 1 heterocycles. The van der Waals surface area contributed by atoms with Crippen LogP contribution in [0.2, 0.25) is 0 Å². The van der Waals surface area contributed by atoms with Crippen molar-refractivity contribution in [2.45, 2.75) is 13.5 Å². The van der Waals surface area contributed by atoms with Crippen LogP contribution in [-0.4, -0.2) is 0 Å². The van der Waals surface area contributed by atoms with E-state index in [0.717, 1.165) is 22.2 Å². The molecular formula is C18H14N2O2. The molecule has 0 atom stereocenters. The quantitative estimate of drug-likeness (QED) is 0.749. The maximum absolute atomic E-state index is 11.5. The van der Waals surface area contributed by atoms with Gasteiger partial charge in [-0.15, -0.1) is 0 Å². The summed E-state index contributed by atoms with van der Waals surface area (Å²) in [7, 11) is 0. The summed E-state index contributed by atoms with van der Waals surface area (Å²) in [6.45, 7) is 2.42. The normalized spacial score (nSPS) is 10.4. The second-order valence-corrected chi connectivity index (χ2v) is 5.08. The molecule has 0 aliphatic rings. The molecular weight excluding hydrogens is 276 g/mol. The molecule has 1 N–H and O–H groups in total. The molecule has 0 saturated heterocycles. The Morgan fingerprint density at radius 1 is 1.18 bits per heavy atom. The van der Waals surface area contributed by atoms with Gasteiger partial charge in [0.1, 0.15) is 5.58 Å². The number of fused-ring (bicyclic) bond motifs is 1. The summed E-state index contributed by atoms with van der Waals surface area (Å²) in [5, 5.41) is 13.3. The Morgan fingerprint density at radius 2 is 2.00 bits per heavy atom. The molecule has 0 fully saturated rings. The van der Waals surface area contributed by atoms with Gasteiger partial charge in [-0.1, -0.05) is 18.2 Å². The summed E-state index contributed by atoms with van der Waals surface area (Å²) < 4.78 is 5.23. The largest absolute Gasteiger partial charge is 0.423 e. The number of aryl methyl sites for hydroxylation is 1. The zero-order chi connectivity index (χ0) is 15.5. The summed E-state index contributed by atoms with van der Waals surface area (Å²) in [6, 6.07) is 16.8. The van der Waals surface area contributed by atoms with Crippen molar-refractivity contribution in [3.63, 3.8) is 0 Å². The molecule has 0 saturated carbocycles. The van der Waals surface area contributed by atoms with Crippen molar-refractivity contribution in [3.8, 4) is 6.07 Å². The summed E-state index contributed by atoms with van der Waals surface area (Å²) in [5.41, 5.74) is 3.52. The van der Waals surface area contributed by atoms with E-state index >= 15 is 0 Å². The summed E-state index contributed by atoms with van der Waals surface area (Å²) >= 11 is 0. The van der Waals surface area contributed by atoms with Gasteiger partial charge in [-0.2, -0.15) is 5.26 Å². The number of anilines is 1. The molecule has 3 rings (SSSR count). The summed E-state index contributed by atoms with van der Waals surface area (Å²) in [6.07, 6.45) is 0. The third-order valence-electron chi connectivity index (χ3n) is 3.57. The Bertz CT molecular complexity index is 936. The number of nitrogens with one attached hydrogen (secondary N) is 1. The second-order valence-electron chi connectivity index (χ2n) is 5.08. The molecule has 1 aromatic heterocycles. The van der Waals surface area contributed by atoms with Crippen LogP contribution in [0.25, 0.3) is 11.0 Å². The maximum Gasteiger partial charge on any atom is 0.336 e. The fraction of sp³-hybridized carbons (Fsp3) is 0.111. The van der Waals surface area contributed by atoms with Gasteiger partial charge in [0.05, 0.1) is 11.6 Å². The smallest absolute Gasteiger partial charge is 0.336 e. The lowest BCUT2D eigenvalue weighted by Gasteiger charge is -2.09. The van der Waals surface area contributed by atoms with Crippen molar-refractivity contribution >= 4 is 16.7 Å². The standard InChI is InChI=1S/C18H14N2O2/c1-12-8-18(21)22-17-9-15(6-7-16(12)17)20-11-14-5-3-2-4-13(14)10-19/h2-9,20H,11H2,1H3. The third-order valence-corrected chi connectivity index (χ3v) is 3.57. The first-order valence-corrected chi connectivity index (χ1v) is 6.94. The van der Waals surface area contributed by atoms with E-state index in [-0.39, 0.29) is 5.63 Å². The van der Waals surface area contributed by atoms with Crippen LogP contribution in [0.5, 0.6) is 0 Å². The van der Waals surface area contributed by atoms with Crippen LogP contribution in [0, 0.1) is 18.3 Å². The Balaban J connectivity index is 1.89. The molecule has 22 heavy (non-hydrogen) atoms. The molecule has 4 heteroatoms. The first-order valence-electron chi connectivity index (χ1n) is 6.94. The lowest BCUT2D eigenvalue weighted by atomic mass is 10.1. The lowest BCUT2D eigenvalue weighted by Crippen LogP contribution is -2.02. The van der Waals surface area contributed by atoms with E-state index in [0.29, 0.717) is 17.7 Å². The zero-order valence-corrected chi connectivity index (χ0v) is 12.1. The number of hydrogen-bond acceptors (Lipinski definition) is 4. The van der Waals surface area contributed by atoms with Crippen LogP contribution in [0.4, 0.5) is 5.69 Å². The van der Waals surface area contributed by atoms with Gasteiger partial charge in [-0.05, 0) is 36.2 Å². The van der Waals surface area contributed by atoms with E-state index in [2.05, 4.69) is 11.4 Å². The van der Waals surface area contributed by atoms with Gasteiger partial charge in [0.2, 0.25) is 0 Å². The first kappa shape index (κ1) is 13.9. The minimum atomic E-state index is -0.350. The molecule has 108 valence electrons. The van der Waals surface area contributed by atoms with Crippen LogP contribution < -0.4 is 10.9 Å². The monoisotopic (exact) mass is 290 g/mol. The topological polar surface area (TPSA) is 66.0 Å². The Labute approximate surface area is 127 Å². The highest BCUT2D eigenvalue weighted by Crippen LogP contribution is 2.21. The second kappa shape index (κ2) is 5.74. The van der Waals surface area contributed by atoms with Crippen molar-refractivity contribution in [1.82, 2.24) is 0 Å². The molecule has 0 bridgehead atoms. The van der Waals surface area contributed by atoms with E-state index in [1.54, 1.807) is 12.1 Å². The van der Waals surface area contributed by atoms with Gasteiger partial charge in [-0.25, -0.2) is 4.79 Å². The van der Waals surface area contributed by atoms with Crippen molar-refractivity contribution in [1.29, 1.82) is 5.26 Å². The average molecular weight is 290 g/mol. The molecule has 0 radical (unpaired) electrons. The number of nitrogens with zero attached hydrogens (tertiary/aromatic N) is 1. The Kier molecular flexibility index (Phi) is 3.63. The van der Waals surface area contributed by atoms with E-state index in [1.165, 1.54) is 6.07 Å². The van der Waals surface area contributed by atoms with Gasteiger partial charge in [-0.3, -0.25) is 0 Å². The summed E-state index contributed by atoms with van der Waals surface area (Å²) in [5.74, 6) is 0. The van der Waals surface area contributed by atoms with Gasteiger partial charge in [0, 0.05) is 29.8 Å². The number of benzene rings is 2. The number of nitriles is 1. The van der Waals surface area contributed by atoms with Crippen molar-refractivity contribution in [2.24, 2.45) is 0 Å². The molecule has 2 aromatic carbocycles. The van der Waals surface area contributed by atoms with Crippen LogP contribution >= 0.6 is 0 Å². The van der Waals surface area contributed by atoms with Gasteiger partial charge < -0.3 is 9.73 Å². The first-order chi connectivity index (χ1) is 10.7. The molecule has 3 aromatic rings. The van der Waals surface area contributed by atoms with Crippen molar-refractivity contribution in [2.75, 3.05) is 5.32 Å². The molecule has 0 aliphatic carbocycles. The highest BCUT2D eigenvalue weighted by atomic mass is 16.4. The van der Waals surface area contributed by atoms with E-state index in [4.69, 9.17) is 9.68 Å². The van der Waals surface area contributed by atoms with Crippen LogP contribution in [0.15, 0.2) is 57.7 Å². The Hall–Kier alpha value is -3.06. The van der Waals surface area contributed by atoms with Crippen LogP contribution in [-0.2, 0) is 6.54 Å². The van der Waals surface area contributed by atoms with Gasteiger partial charge in [0.15, 0.2) is 0 Å². The number of hydrogen-bond donors (Lipinski definition) is 1. The molecule has 0 amide bonds. The van der Waals surface area contributed by atoms with Gasteiger partial charge >= 0.3 is 5.63 Å². The minimum Gasteiger partial charge on any atom is -0.423 e. The van der Waals surface area contributed by atoms with E-state index in [9.17, 15) is 4.79 Å². The fourth-order valence-electron chi connectivity index (χ4n) is 2.42. The van der Waals surface area contributed by atoms with Crippen LogP contribution in [0.3, 0.4) is 0 Å². The third kappa shape index (κ3) is 2.70. The fourth-order valence-corrected chi connectivity index (χ4v) is 2.42. The highest BCUT2D eigenvalue weighted by molar-refractivity contribution is 5.83. The predicted octanol–water partition coefficient (Wildman–Crippen LogP) is 3.59. The molecule has 0 spiro atoms. The Morgan fingerprint density at radius 3 is 2.82 bits per heavy atom. The van der Waals surface area contributed by atoms with E-state index in [1.807, 2.05) is 37.3 Å². The molecule has 4 nitrogen and oxygen atoms in total. The average Bonchev–Trinajstić information content (AvgIpc) is 2.52. The lowest BCUT2D eigenvalue weighted by molar-refractivity contribution is 0.560. The minimum absolute atomic E-state index is 0.350. The van der Waals surface area contributed by atoms with Crippen LogP contribution in [0.1, 0.15) is 16.7 Å². The maximum atomic E-state index is 11.5. The van der Waals surface area contributed by atoms with Crippen molar-refractivity contribution in [3.05, 3.63) is 75.6 Å². The molecule has 0 aliphatic heterocycles. The van der Waals surface area contributed by atoms with E-state index < -0.39 is 0 Å². The molecule has 0 unspecified atom stereocenters. The summed E-state index contributed by atoms with van der Waals surface area (Å²) in [4.78, 5) is 11.5. The van der Waals surface area contributed by atoms with Crippen molar-refractivity contribution < 1.29 is 4.42 Å².